The molecule has 0 radical (unpaired) electrons. The monoisotopic (exact) mass is 219 g/mol. The Morgan fingerprint density at radius 2 is 2.31 bits per heavy atom. The Kier molecular flexibility index (Phi) is 2.73. The summed E-state index contributed by atoms with van der Waals surface area (Å²) in [5.41, 5.74) is 12.8. The molecule has 5 N–H and O–H groups in total. The van der Waals surface area contributed by atoms with Gasteiger partial charge in [0.15, 0.2) is 0 Å². The van der Waals surface area contributed by atoms with Gasteiger partial charge in [-0.25, -0.2) is 0 Å². The van der Waals surface area contributed by atoms with Crippen molar-refractivity contribution in [2.45, 2.75) is 25.8 Å². The molecule has 0 saturated heterocycles. The molecule has 16 heavy (non-hydrogen) atoms. The Morgan fingerprint density at radius 3 is 2.88 bits per heavy atom. The van der Waals surface area contributed by atoms with E-state index >= 15 is 0 Å². The van der Waals surface area contributed by atoms with Gasteiger partial charge in [-0.3, -0.25) is 4.79 Å². The van der Waals surface area contributed by atoms with Crippen LogP contribution in [-0.4, -0.2) is 11.9 Å². The van der Waals surface area contributed by atoms with Crippen molar-refractivity contribution in [3.8, 4) is 0 Å². The lowest BCUT2D eigenvalue weighted by Crippen LogP contribution is -2.15. The molecule has 2 rings (SSSR count). The highest BCUT2D eigenvalue weighted by molar-refractivity contribution is 6.00. The number of anilines is 2. The van der Waals surface area contributed by atoms with E-state index in [-0.39, 0.29) is 0 Å². The predicted molar refractivity (Wildman–Crippen MR) is 65.2 cm³/mol. The number of carbonyl (C=O) groups is 1. The van der Waals surface area contributed by atoms with Crippen molar-refractivity contribution in [2.24, 2.45) is 11.7 Å². The van der Waals surface area contributed by atoms with Crippen molar-refractivity contribution < 1.29 is 4.79 Å². The van der Waals surface area contributed by atoms with Crippen molar-refractivity contribution in [3.63, 3.8) is 0 Å². The molecule has 1 amide bonds. The quantitative estimate of drug-likeness (QED) is 0.672. The van der Waals surface area contributed by atoms with Crippen LogP contribution in [0.2, 0.25) is 0 Å². The lowest BCUT2D eigenvalue weighted by molar-refractivity contribution is 0.100. The van der Waals surface area contributed by atoms with Crippen molar-refractivity contribution in [1.29, 1.82) is 0 Å². The van der Waals surface area contributed by atoms with Crippen molar-refractivity contribution >= 4 is 17.3 Å². The topological polar surface area (TPSA) is 81.1 Å². The van der Waals surface area contributed by atoms with E-state index in [0.29, 0.717) is 17.3 Å². The number of nitrogens with two attached hydrogens (primary N) is 2. The Morgan fingerprint density at radius 1 is 1.56 bits per heavy atom. The highest BCUT2D eigenvalue weighted by atomic mass is 16.1. The number of nitrogen functional groups attached to an aromatic ring is 1. The largest absolute Gasteiger partial charge is 0.396 e. The van der Waals surface area contributed by atoms with Gasteiger partial charge in [0, 0.05) is 6.04 Å². The van der Waals surface area contributed by atoms with Gasteiger partial charge in [-0.05, 0) is 24.5 Å². The van der Waals surface area contributed by atoms with Gasteiger partial charge in [-0.1, -0.05) is 19.4 Å². The summed E-state index contributed by atoms with van der Waals surface area (Å²) in [6.07, 6.45) is 2.35. The fourth-order valence-electron chi connectivity index (χ4n) is 1.98. The molecule has 1 aromatic rings. The maximum absolute atomic E-state index is 11.1. The lowest BCUT2D eigenvalue weighted by Gasteiger charge is -2.11. The first-order valence-electron chi connectivity index (χ1n) is 5.58. The van der Waals surface area contributed by atoms with Crippen LogP contribution in [0.1, 0.15) is 30.1 Å². The Labute approximate surface area is 95.0 Å². The molecule has 0 spiro atoms. The summed E-state index contributed by atoms with van der Waals surface area (Å²) < 4.78 is 0. The number of nitrogens with one attached hydrogen (secondary N) is 1. The first-order chi connectivity index (χ1) is 7.63. The zero-order valence-electron chi connectivity index (χ0n) is 9.36. The van der Waals surface area contributed by atoms with Gasteiger partial charge < -0.3 is 16.8 Å². The molecule has 4 nitrogen and oxygen atoms in total. The molecule has 1 aromatic carbocycles. The van der Waals surface area contributed by atoms with Crippen LogP contribution < -0.4 is 16.8 Å². The molecular weight excluding hydrogens is 202 g/mol. The standard InChI is InChI=1S/C12H17N3O/c1-2-7-6-10(7)15-9-5-3-4-8(11(9)13)12(14)16/h3-5,7,10,15H,2,6,13H2,1H3,(H2,14,16). The van der Waals surface area contributed by atoms with E-state index in [0.717, 1.165) is 11.6 Å². The molecule has 1 aliphatic rings. The number of amides is 1. The second-order valence-corrected chi connectivity index (χ2v) is 4.29. The Hall–Kier alpha value is -1.71. The van der Waals surface area contributed by atoms with Gasteiger partial charge in [0.05, 0.1) is 16.9 Å². The molecule has 2 unspecified atom stereocenters. The van der Waals surface area contributed by atoms with E-state index in [1.165, 1.54) is 12.8 Å². The SMILES string of the molecule is CCC1CC1Nc1cccc(C(N)=O)c1N. The van der Waals surface area contributed by atoms with E-state index in [1.807, 2.05) is 6.07 Å². The van der Waals surface area contributed by atoms with Gasteiger partial charge in [0.1, 0.15) is 0 Å². The Bertz CT molecular complexity index is 417. The summed E-state index contributed by atoms with van der Waals surface area (Å²) in [5.74, 6) is 0.251. The minimum atomic E-state index is -0.482. The molecule has 0 aliphatic heterocycles. The zero-order valence-corrected chi connectivity index (χ0v) is 9.36. The molecular formula is C12H17N3O. The lowest BCUT2D eigenvalue weighted by atomic mass is 10.1. The molecule has 0 aromatic heterocycles. The van der Waals surface area contributed by atoms with Gasteiger partial charge in [0.2, 0.25) is 0 Å². The Balaban J connectivity index is 2.16. The number of primary amides is 1. The minimum Gasteiger partial charge on any atom is -0.396 e. The fraction of sp³-hybridized carbons (Fsp3) is 0.417. The minimum absolute atomic E-state index is 0.388. The van der Waals surface area contributed by atoms with Crippen molar-refractivity contribution in [1.82, 2.24) is 0 Å². The van der Waals surface area contributed by atoms with Crippen molar-refractivity contribution in [3.05, 3.63) is 23.8 Å². The maximum atomic E-state index is 11.1. The van der Waals surface area contributed by atoms with Crippen LogP contribution in [0.4, 0.5) is 11.4 Å². The first kappa shape index (κ1) is 10.8. The predicted octanol–water partition coefficient (Wildman–Crippen LogP) is 1.58. The molecule has 86 valence electrons. The third-order valence-electron chi connectivity index (χ3n) is 3.16. The highest BCUT2D eigenvalue weighted by Crippen LogP contribution is 2.37. The van der Waals surface area contributed by atoms with E-state index in [9.17, 15) is 4.79 Å². The number of hydrogen-bond acceptors (Lipinski definition) is 3. The second-order valence-electron chi connectivity index (χ2n) is 4.29. The molecule has 0 heterocycles. The van der Waals surface area contributed by atoms with Gasteiger partial charge >= 0.3 is 0 Å². The van der Waals surface area contributed by atoms with Crippen molar-refractivity contribution in [2.75, 3.05) is 11.1 Å². The summed E-state index contributed by atoms with van der Waals surface area (Å²) in [5, 5.41) is 3.35. The maximum Gasteiger partial charge on any atom is 0.250 e. The van der Waals surface area contributed by atoms with Crippen LogP contribution in [0.5, 0.6) is 0 Å². The van der Waals surface area contributed by atoms with Gasteiger partial charge in [-0.15, -0.1) is 0 Å². The number of benzene rings is 1. The smallest absolute Gasteiger partial charge is 0.250 e. The first-order valence-corrected chi connectivity index (χ1v) is 5.58. The summed E-state index contributed by atoms with van der Waals surface area (Å²) >= 11 is 0. The third-order valence-corrected chi connectivity index (χ3v) is 3.16. The average molecular weight is 219 g/mol. The molecule has 1 saturated carbocycles. The van der Waals surface area contributed by atoms with Crippen LogP contribution in [0, 0.1) is 5.92 Å². The third kappa shape index (κ3) is 1.96. The number of para-hydroxylation sites is 1. The van der Waals surface area contributed by atoms with Crippen LogP contribution in [0.15, 0.2) is 18.2 Å². The van der Waals surface area contributed by atoms with Crippen LogP contribution in [0.25, 0.3) is 0 Å². The van der Waals surface area contributed by atoms with E-state index < -0.39 is 5.91 Å². The number of carbonyl (C=O) groups excluding carboxylic acids is 1. The number of hydrogen-bond donors (Lipinski definition) is 3. The average Bonchev–Trinajstić information content (AvgIpc) is 2.99. The molecule has 1 aliphatic carbocycles. The summed E-state index contributed by atoms with van der Waals surface area (Å²) in [6.45, 7) is 2.18. The van der Waals surface area contributed by atoms with Crippen LogP contribution >= 0.6 is 0 Å². The molecule has 4 heteroatoms. The van der Waals surface area contributed by atoms with Crippen LogP contribution in [-0.2, 0) is 0 Å². The molecule has 1 fully saturated rings. The fourth-order valence-corrected chi connectivity index (χ4v) is 1.98. The van der Waals surface area contributed by atoms with E-state index in [1.54, 1.807) is 12.1 Å². The molecule has 2 atom stereocenters. The van der Waals surface area contributed by atoms with Gasteiger partial charge in [-0.2, -0.15) is 0 Å². The van der Waals surface area contributed by atoms with E-state index in [2.05, 4.69) is 12.2 Å². The number of rotatable bonds is 4. The summed E-state index contributed by atoms with van der Waals surface area (Å²) in [7, 11) is 0. The molecule has 0 bridgehead atoms. The summed E-state index contributed by atoms with van der Waals surface area (Å²) in [6, 6.07) is 5.82. The van der Waals surface area contributed by atoms with E-state index in [4.69, 9.17) is 11.5 Å². The second kappa shape index (κ2) is 4.04. The van der Waals surface area contributed by atoms with Crippen LogP contribution in [0.3, 0.4) is 0 Å². The summed E-state index contributed by atoms with van der Waals surface area (Å²) in [4.78, 5) is 11.1. The normalized spacial score (nSPS) is 22.8. The highest BCUT2D eigenvalue weighted by Gasteiger charge is 2.35. The zero-order chi connectivity index (χ0) is 11.7. The van der Waals surface area contributed by atoms with Gasteiger partial charge in [0.25, 0.3) is 5.91 Å².